The molecule has 0 bridgehead atoms. The van der Waals surface area contributed by atoms with Gasteiger partial charge >= 0.3 is 0 Å². The number of hydrogen-bond acceptors (Lipinski definition) is 0. The van der Waals surface area contributed by atoms with E-state index in [1.807, 2.05) is 0 Å². The SMILES string of the molecule is CCCCc1c(CC)cccc1C(Cc1ccccc1)C1CCCCC1. The summed E-state index contributed by atoms with van der Waals surface area (Å²) in [4.78, 5) is 0. The van der Waals surface area contributed by atoms with E-state index in [-0.39, 0.29) is 0 Å². The van der Waals surface area contributed by atoms with Crippen LogP contribution in [0, 0.1) is 5.92 Å². The van der Waals surface area contributed by atoms with Crippen molar-refractivity contribution in [2.75, 3.05) is 0 Å². The van der Waals surface area contributed by atoms with E-state index in [1.54, 1.807) is 16.7 Å². The van der Waals surface area contributed by atoms with Crippen molar-refractivity contribution >= 4 is 0 Å². The molecule has 3 rings (SSSR count). The molecular formula is C26H36. The van der Waals surface area contributed by atoms with E-state index >= 15 is 0 Å². The van der Waals surface area contributed by atoms with Crippen LogP contribution in [0.25, 0.3) is 0 Å². The third kappa shape index (κ3) is 4.78. The zero-order chi connectivity index (χ0) is 18.2. The molecule has 0 radical (unpaired) electrons. The summed E-state index contributed by atoms with van der Waals surface area (Å²) in [5.74, 6) is 1.55. The van der Waals surface area contributed by atoms with Crippen LogP contribution in [0.4, 0.5) is 0 Å². The molecule has 26 heavy (non-hydrogen) atoms. The Hall–Kier alpha value is -1.56. The van der Waals surface area contributed by atoms with Crippen LogP contribution in [0.15, 0.2) is 48.5 Å². The number of benzene rings is 2. The van der Waals surface area contributed by atoms with E-state index in [1.165, 1.54) is 63.4 Å². The van der Waals surface area contributed by atoms with E-state index in [0.29, 0.717) is 5.92 Å². The maximum Gasteiger partial charge on any atom is -0.00903 e. The maximum atomic E-state index is 2.46. The lowest BCUT2D eigenvalue weighted by Crippen LogP contribution is -2.20. The smallest absolute Gasteiger partial charge is 0.00903 e. The fourth-order valence-electron chi connectivity index (χ4n) is 4.93. The van der Waals surface area contributed by atoms with Crippen molar-refractivity contribution in [3.05, 3.63) is 70.8 Å². The summed E-state index contributed by atoms with van der Waals surface area (Å²) >= 11 is 0. The summed E-state index contributed by atoms with van der Waals surface area (Å²) < 4.78 is 0. The highest BCUT2D eigenvalue weighted by Crippen LogP contribution is 2.40. The molecule has 0 nitrogen and oxygen atoms in total. The zero-order valence-electron chi connectivity index (χ0n) is 16.8. The van der Waals surface area contributed by atoms with Gasteiger partial charge in [0, 0.05) is 0 Å². The first-order chi connectivity index (χ1) is 12.8. The summed E-state index contributed by atoms with van der Waals surface area (Å²) in [6, 6.07) is 18.4. The van der Waals surface area contributed by atoms with E-state index in [0.717, 1.165) is 12.3 Å². The Balaban J connectivity index is 1.97. The molecule has 1 unspecified atom stereocenters. The van der Waals surface area contributed by atoms with Crippen LogP contribution < -0.4 is 0 Å². The molecular weight excluding hydrogens is 312 g/mol. The summed E-state index contributed by atoms with van der Waals surface area (Å²) in [6.07, 6.45) is 13.3. The fraction of sp³-hybridized carbons (Fsp3) is 0.538. The molecule has 0 aromatic heterocycles. The molecule has 0 saturated heterocycles. The van der Waals surface area contributed by atoms with Crippen LogP contribution in [0.5, 0.6) is 0 Å². The normalized spacial score (nSPS) is 16.5. The lowest BCUT2D eigenvalue weighted by Gasteiger charge is -2.33. The Morgan fingerprint density at radius 2 is 1.65 bits per heavy atom. The predicted octanol–water partition coefficient (Wildman–Crippen LogP) is 7.50. The molecule has 1 aliphatic rings. The van der Waals surface area contributed by atoms with Crippen molar-refractivity contribution in [3.63, 3.8) is 0 Å². The summed E-state index contributed by atoms with van der Waals surface area (Å²) in [5, 5.41) is 0. The minimum absolute atomic E-state index is 0.691. The van der Waals surface area contributed by atoms with Gasteiger partial charge in [-0.2, -0.15) is 0 Å². The lowest BCUT2D eigenvalue weighted by molar-refractivity contribution is 0.301. The number of aryl methyl sites for hydroxylation is 1. The lowest BCUT2D eigenvalue weighted by atomic mass is 9.72. The first kappa shape index (κ1) is 19.2. The number of unbranched alkanes of at least 4 members (excludes halogenated alkanes) is 1. The Bertz CT molecular complexity index is 649. The molecule has 1 saturated carbocycles. The Labute approximate surface area is 161 Å². The molecule has 0 heterocycles. The van der Waals surface area contributed by atoms with Gasteiger partial charge in [-0.25, -0.2) is 0 Å². The van der Waals surface area contributed by atoms with Crippen molar-refractivity contribution in [1.82, 2.24) is 0 Å². The molecule has 0 aliphatic heterocycles. The third-order valence-corrected chi connectivity index (χ3v) is 6.39. The fourth-order valence-corrected chi connectivity index (χ4v) is 4.93. The van der Waals surface area contributed by atoms with Gasteiger partial charge in [-0.05, 0) is 72.6 Å². The van der Waals surface area contributed by atoms with Gasteiger partial charge in [0.1, 0.15) is 0 Å². The molecule has 1 aliphatic carbocycles. The highest BCUT2D eigenvalue weighted by molar-refractivity contribution is 5.39. The Morgan fingerprint density at radius 3 is 2.35 bits per heavy atom. The molecule has 2 aromatic carbocycles. The first-order valence-corrected chi connectivity index (χ1v) is 11.0. The van der Waals surface area contributed by atoms with Crippen LogP contribution in [0.3, 0.4) is 0 Å². The second kappa shape index (κ2) is 9.95. The van der Waals surface area contributed by atoms with Gasteiger partial charge in [0.15, 0.2) is 0 Å². The molecule has 0 amide bonds. The van der Waals surface area contributed by atoms with Crippen molar-refractivity contribution in [2.45, 2.75) is 84.0 Å². The van der Waals surface area contributed by atoms with E-state index in [4.69, 9.17) is 0 Å². The summed E-state index contributed by atoms with van der Waals surface area (Å²) in [5.41, 5.74) is 6.45. The van der Waals surface area contributed by atoms with Crippen molar-refractivity contribution in [2.24, 2.45) is 5.92 Å². The largest absolute Gasteiger partial charge is 0.0654 e. The van der Waals surface area contributed by atoms with Gasteiger partial charge in [-0.1, -0.05) is 88.1 Å². The number of hydrogen-bond donors (Lipinski definition) is 0. The molecule has 1 fully saturated rings. The molecule has 0 spiro atoms. The van der Waals surface area contributed by atoms with Gasteiger partial charge in [0.2, 0.25) is 0 Å². The van der Waals surface area contributed by atoms with Gasteiger partial charge in [-0.3, -0.25) is 0 Å². The van der Waals surface area contributed by atoms with E-state index in [2.05, 4.69) is 62.4 Å². The van der Waals surface area contributed by atoms with Crippen LogP contribution in [-0.4, -0.2) is 0 Å². The predicted molar refractivity (Wildman–Crippen MR) is 114 cm³/mol. The zero-order valence-corrected chi connectivity index (χ0v) is 16.8. The quantitative estimate of drug-likeness (QED) is 0.463. The van der Waals surface area contributed by atoms with Gasteiger partial charge in [-0.15, -0.1) is 0 Å². The van der Waals surface area contributed by atoms with Gasteiger partial charge in [0.05, 0.1) is 0 Å². The summed E-state index contributed by atoms with van der Waals surface area (Å²) in [7, 11) is 0. The third-order valence-electron chi connectivity index (χ3n) is 6.39. The van der Waals surface area contributed by atoms with Crippen molar-refractivity contribution in [1.29, 1.82) is 0 Å². The minimum Gasteiger partial charge on any atom is -0.0654 e. The van der Waals surface area contributed by atoms with E-state index < -0.39 is 0 Å². The summed E-state index contributed by atoms with van der Waals surface area (Å²) in [6.45, 7) is 4.64. The maximum absolute atomic E-state index is 2.46. The second-order valence-electron chi connectivity index (χ2n) is 8.14. The van der Waals surface area contributed by atoms with Crippen LogP contribution in [-0.2, 0) is 19.3 Å². The van der Waals surface area contributed by atoms with Gasteiger partial charge < -0.3 is 0 Å². The Kier molecular flexibility index (Phi) is 7.35. The Morgan fingerprint density at radius 1 is 0.885 bits per heavy atom. The molecule has 140 valence electrons. The topological polar surface area (TPSA) is 0 Å². The second-order valence-corrected chi connectivity index (χ2v) is 8.14. The van der Waals surface area contributed by atoms with Crippen LogP contribution in [0.2, 0.25) is 0 Å². The van der Waals surface area contributed by atoms with Gasteiger partial charge in [0.25, 0.3) is 0 Å². The monoisotopic (exact) mass is 348 g/mol. The minimum atomic E-state index is 0.691. The standard InChI is InChI=1S/C26H36/c1-3-5-18-24-22(4-2)17-12-19-25(24)26(23-15-10-7-11-16-23)20-21-13-8-6-9-14-21/h6,8-9,12-14,17,19,23,26H,3-5,7,10-11,15-16,18,20H2,1-2H3. The van der Waals surface area contributed by atoms with Crippen LogP contribution in [0.1, 0.15) is 87.0 Å². The average Bonchev–Trinajstić information content (AvgIpc) is 2.71. The highest BCUT2D eigenvalue weighted by Gasteiger charge is 2.27. The average molecular weight is 349 g/mol. The molecule has 1 atom stereocenters. The molecule has 0 heteroatoms. The molecule has 2 aromatic rings. The van der Waals surface area contributed by atoms with Crippen molar-refractivity contribution in [3.8, 4) is 0 Å². The van der Waals surface area contributed by atoms with Crippen molar-refractivity contribution < 1.29 is 0 Å². The number of rotatable bonds is 8. The highest BCUT2D eigenvalue weighted by atomic mass is 14.3. The van der Waals surface area contributed by atoms with Crippen LogP contribution >= 0.6 is 0 Å². The molecule has 0 N–H and O–H groups in total. The van der Waals surface area contributed by atoms with E-state index in [9.17, 15) is 0 Å². The first-order valence-electron chi connectivity index (χ1n) is 11.0.